The first-order chi connectivity index (χ1) is 7.36. The van der Waals surface area contributed by atoms with E-state index >= 15 is 0 Å². The van der Waals surface area contributed by atoms with E-state index in [1.807, 2.05) is 36.1 Å². The van der Waals surface area contributed by atoms with E-state index in [0.29, 0.717) is 0 Å². The second-order valence-electron chi connectivity index (χ2n) is 3.45. The van der Waals surface area contributed by atoms with Gasteiger partial charge in [0.1, 0.15) is 5.76 Å². The second-order valence-corrected chi connectivity index (χ2v) is 3.45. The molecule has 0 amide bonds. The van der Waals surface area contributed by atoms with Crippen LogP contribution in [0, 0.1) is 0 Å². The Morgan fingerprint density at radius 3 is 3.07 bits per heavy atom. The molecule has 0 aliphatic carbocycles. The SMILES string of the molecule is Cn1nccc1CNCCc1ccco1. The van der Waals surface area contributed by atoms with E-state index in [-0.39, 0.29) is 0 Å². The maximum absolute atomic E-state index is 5.24. The molecule has 4 nitrogen and oxygen atoms in total. The summed E-state index contributed by atoms with van der Waals surface area (Å²) >= 11 is 0. The third-order valence-corrected chi connectivity index (χ3v) is 2.36. The number of nitrogens with one attached hydrogen (secondary N) is 1. The van der Waals surface area contributed by atoms with Crippen LogP contribution in [0.3, 0.4) is 0 Å². The molecule has 0 unspecified atom stereocenters. The van der Waals surface area contributed by atoms with Crippen molar-refractivity contribution < 1.29 is 4.42 Å². The predicted molar refractivity (Wildman–Crippen MR) is 57.3 cm³/mol. The summed E-state index contributed by atoms with van der Waals surface area (Å²) in [7, 11) is 1.95. The van der Waals surface area contributed by atoms with Crippen LogP contribution in [0.25, 0.3) is 0 Å². The van der Waals surface area contributed by atoms with E-state index in [0.717, 1.165) is 25.3 Å². The highest BCUT2D eigenvalue weighted by atomic mass is 16.3. The van der Waals surface area contributed by atoms with Crippen molar-refractivity contribution in [1.82, 2.24) is 15.1 Å². The van der Waals surface area contributed by atoms with Gasteiger partial charge in [-0.3, -0.25) is 4.68 Å². The van der Waals surface area contributed by atoms with E-state index in [2.05, 4.69) is 10.4 Å². The zero-order valence-electron chi connectivity index (χ0n) is 8.81. The zero-order valence-corrected chi connectivity index (χ0v) is 8.81. The minimum Gasteiger partial charge on any atom is -0.469 e. The summed E-state index contributed by atoms with van der Waals surface area (Å²) in [6.07, 6.45) is 4.44. The fourth-order valence-electron chi connectivity index (χ4n) is 1.46. The number of hydrogen-bond donors (Lipinski definition) is 1. The van der Waals surface area contributed by atoms with E-state index in [9.17, 15) is 0 Å². The molecule has 2 rings (SSSR count). The molecule has 15 heavy (non-hydrogen) atoms. The van der Waals surface area contributed by atoms with Gasteiger partial charge < -0.3 is 9.73 Å². The lowest BCUT2D eigenvalue weighted by atomic mass is 10.3. The highest BCUT2D eigenvalue weighted by Gasteiger charge is 1.98. The van der Waals surface area contributed by atoms with Crippen LogP contribution >= 0.6 is 0 Å². The Balaban J connectivity index is 1.70. The highest BCUT2D eigenvalue weighted by Crippen LogP contribution is 2.00. The van der Waals surface area contributed by atoms with Crippen molar-refractivity contribution in [2.45, 2.75) is 13.0 Å². The van der Waals surface area contributed by atoms with Crippen LogP contribution in [0.5, 0.6) is 0 Å². The van der Waals surface area contributed by atoms with Crippen LogP contribution < -0.4 is 5.32 Å². The summed E-state index contributed by atoms with van der Waals surface area (Å²) in [6, 6.07) is 5.92. The Hall–Kier alpha value is -1.55. The molecule has 0 radical (unpaired) electrons. The molecule has 0 saturated carbocycles. The Morgan fingerprint density at radius 1 is 1.47 bits per heavy atom. The fraction of sp³-hybridized carbons (Fsp3) is 0.364. The fourth-order valence-corrected chi connectivity index (χ4v) is 1.46. The summed E-state index contributed by atoms with van der Waals surface area (Å²) in [6.45, 7) is 1.76. The van der Waals surface area contributed by atoms with Crippen molar-refractivity contribution in [3.8, 4) is 0 Å². The molecule has 1 N–H and O–H groups in total. The van der Waals surface area contributed by atoms with Gasteiger partial charge in [0.05, 0.1) is 12.0 Å². The van der Waals surface area contributed by atoms with Crippen LogP contribution in [0.4, 0.5) is 0 Å². The van der Waals surface area contributed by atoms with Crippen molar-refractivity contribution in [2.24, 2.45) is 7.05 Å². The monoisotopic (exact) mass is 205 g/mol. The van der Waals surface area contributed by atoms with Crippen LogP contribution in [-0.2, 0) is 20.0 Å². The summed E-state index contributed by atoms with van der Waals surface area (Å²) in [5, 5.41) is 7.45. The lowest BCUT2D eigenvalue weighted by molar-refractivity contribution is 0.496. The summed E-state index contributed by atoms with van der Waals surface area (Å²) < 4.78 is 7.11. The Kier molecular flexibility index (Phi) is 3.19. The standard InChI is InChI=1S/C11H15N3O/c1-14-10(4-7-13-14)9-12-6-5-11-3-2-8-15-11/h2-4,7-8,12H,5-6,9H2,1H3. The van der Waals surface area contributed by atoms with Gasteiger partial charge in [-0.1, -0.05) is 0 Å². The number of furan rings is 1. The van der Waals surface area contributed by atoms with Gasteiger partial charge in [-0.2, -0.15) is 5.10 Å². The van der Waals surface area contributed by atoms with E-state index in [1.54, 1.807) is 6.26 Å². The molecule has 2 heterocycles. The quantitative estimate of drug-likeness (QED) is 0.749. The second kappa shape index (κ2) is 4.79. The Labute approximate surface area is 88.9 Å². The molecule has 0 spiro atoms. The maximum Gasteiger partial charge on any atom is 0.105 e. The average molecular weight is 205 g/mol. The molecule has 80 valence electrons. The molecular weight excluding hydrogens is 190 g/mol. The van der Waals surface area contributed by atoms with E-state index in [1.165, 1.54) is 5.69 Å². The number of hydrogen-bond acceptors (Lipinski definition) is 3. The predicted octanol–water partition coefficient (Wildman–Crippen LogP) is 1.35. The van der Waals surface area contributed by atoms with Crippen molar-refractivity contribution in [1.29, 1.82) is 0 Å². The number of aryl methyl sites for hydroxylation is 1. The average Bonchev–Trinajstić information content (AvgIpc) is 2.85. The molecule has 2 aromatic heterocycles. The largest absolute Gasteiger partial charge is 0.469 e. The molecule has 0 aliphatic rings. The molecule has 0 atom stereocenters. The zero-order chi connectivity index (χ0) is 10.5. The van der Waals surface area contributed by atoms with Crippen molar-refractivity contribution in [2.75, 3.05) is 6.54 Å². The lowest BCUT2D eigenvalue weighted by Crippen LogP contribution is -2.18. The third kappa shape index (κ3) is 2.70. The molecule has 4 heteroatoms. The first kappa shape index (κ1) is 9.98. The van der Waals surface area contributed by atoms with Crippen molar-refractivity contribution in [3.63, 3.8) is 0 Å². The summed E-state index contributed by atoms with van der Waals surface area (Å²) in [5.74, 6) is 1.02. The summed E-state index contributed by atoms with van der Waals surface area (Å²) in [4.78, 5) is 0. The Morgan fingerprint density at radius 2 is 2.40 bits per heavy atom. The smallest absolute Gasteiger partial charge is 0.105 e. The van der Waals surface area contributed by atoms with Crippen molar-refractivity contribution in [3.05, 3.63) is 42.1 Å². The van der Waals surface area contributed by atoms with Gasteiger partial charge in [-0.15, -0.1) is 0 Å². The van der Waals surface area contributed by atoms with Gasteiger partial charge in [0.2, 0.25) is 0 Å². The minimum absolute atomic E-state index is 0.844. The van der Waals surface area contributed by atoms with Crippen LogP contribution in [-0.4, -0.2) is 16.3 Å². The maximum atomic E-state index is 5.24. The normalized spacial score (nSPS) is 10.7. The summed E-state index contributed by atoms with van der Waals surface area (Å²) in [5.41, 5.74) is 1.19. The van der Waals surface area contributed by atoms with Gasteiger partial charge in [-0.05, 0) is 18.2 Å². The number of aromatic nitrogens is 2. The molecular formula is C11H15N3O. The number of nitrogens with zero attached hydrogens (tertiary/aromatic N) is 2. The molecule has 0 aromatic carbocycles. The van der Waals surface area contributed by atoms with Crippen LogP contribution in [0.2, 0.25) is 0 Å². The van der Waals surface area contributed by atoms with Gasteiger partial charge in [0.15, 0.2) is 0 Å². The lowest BCUT2D eigenvalue weighted by Gasteiger charge is -2.03. The van der Waals surface area contributed by atoms with Gasteiger partial charge in [-0.25, -0.2) is 0 Å². The van der Waals surface area contributed by atoms with E-state index in [4.69, 9.17) is 4.42 Å². The Bertz CT molecular complexity index is 392. The van der Waals surface area contributed by atoms with Gasteiger partial charge in [0.25, 0.3) is 0 Å². The topological polar surface area (TPSA) is 43.0 Å². The molecule has 0 aliphatic heterocycles. The number of rotatable bonds is 5. The molecule has 2 aromatic rings. The molecule has 0 saturated heterocycles. The van der Waals surface area contributed by atoms with Crippen LogP contribution in [0.1, 0.15) is 11.5 Å². The van der Waals surface area contributed by atoms with Gasteiger partial charge in [0, 0.05) is 32.8 Å². The van der Waals surface area contributed by atoms with Crippen molar-refractivity contribution >= 4 is 0 Å². The van der Waals surface area contributed by atoms with Gasteiger partial charge >= 0.3 is 0 Å². The first-order valence-corrected chi connectivity index (χ1v) is 5.06. The minimum atomic E-state index is 0.844. The van der Waals surface area contributed by atoms with Crippen LogP contribution in [0.15, 0.2) is 35.1 Å². The van der Waals surface area contributed by atoms with E-state index < -0.39 is 0 Å². The third-order valence-electron chi connectivity index (χ3n) is 2.36. The highest BCUT2D eigenvalue weighted by molar-refractivity contribution is 5.00. The molecule has 0 bridgehead atoms. The first-order valence-electron chi connectivity index (χ1n) is 5.06. The molecule has 0 fully saturated rings.